The van der Waals surface area contributed by atoms with Crippen LogP contribution in [0, 0.1) is 11.0 Å². The quantitative estimate of drug-likeness (QED) is 0.453. The predicted octanol–water partition coefficient (Wildman–Crippen LogP) is 4.32. The number of alkyl carbamates (subject to hydrolysis) is 1. The molecule has 0 spiro atoms. The Hall–Kier alpha value is -2.67. The molecule has 0 radical (unpaired) electrons. The van der Waals surface area contributed by atoms with Crippen LogP contribution in [0.4, 0.5) is 9.18 Å². The molecule has 0 saturated carbocycles. The Labute approximate surface area is 167 Å². The molecule has 0 bridgehead atoms. The van der Waals surface area contributed by atoms with Crippen LogP contribution in [-0.2, 0) is 4.74 Å². The lowest BCUT2D eigenvalue weighted by Gasteiger charge is -2.24. The summed E-state index contributed by atoms with van der Waals surface area (Å²) in [6.45, 7) is 6.91. The lowest BCUT2D eigenvalue weighted by molar-refractivity contribution is -0.605. The minimum Gasteiger partial charge on any atom is -0.619 e. The van der Waals surface area contributed by atoms with Gasteiger partial charge in [-0.25, -0.2) is 9.18 Å². The van der Waals surface area contributed by atoms with E-state index in [0.717, 1.165) is 6.20 Å². The average Bonchev–Trinajstić information content (AvgIpc) is 2.58. The summed E-state index contributed by atoms with van der Waals surface area (Å²) in [5, 5.41) is 14.0. The van der Waals surface area contributed by atoms with Gasteiger partial charge in [-0.3, -0.25) is 4.79 Å². The number of hydrogen-bond acceptors (Lipinski definition) is 4. The van der Waals surface area contributed by atoms with Crippen LogP contribution >= 0.6 is 11.6 Å². The molecule has 1 aromatic heterocycles. The highest BCUT2D eigenvalue weighted by atomic mass is 35.5. The molecule has 1 aromatic carbocycles. The number of pyridine rings is 1. The van der Waals surface area contributed by atoms with Gasteiger partial charge in [0.1, 0.15) is 11.4 Å². The number of ether oxygens (including phenoxy) is 1. The third kappa shape index (κ3) is 5.19. The number of ketones is 1. The van der Waals surface area contributed by atoms with Gasteiger partial charge in [0.2, 0.25) is 5.78 Å². The first-order valence-corrected chi connectivity index (χ1v) is 9.12. The van der Waals surface area contributed by atoms with E-state index < -0.39 is 29.3 Å². The highest BCUT2D eigenvalue weighted by Gasteiger charge is 2.27. The summed E-state index contributed by atoms with van der Waals surface area (Å²) in [5.41, 5.74) is -0.950. The van der Waals surface area contributed by atoms with Crippen molar-refractivity contribution in [1.82, 2.24) is 5.32 Å². The predicted molar refractivity (Wildman–Crippen MR) is 103 cm³/mol. The number of hydrogen-bond donors (Lipinski definition) is 1. The molecule has 150 valence electrons. The van der Waals surface area contributed by atoms with E-state index in [1.54, 1.807) is 27.7 Å². The number of halogens is 2. The van der Waals surface area contributed by atoms with Crippen LogP contribution in [0.15, 0.2) is 36.7 Å². The summed E-state index contributed by atoms with van der Waals surface area (Å²) in [6, 6.07) is 4.86. The van der Waals surface area contributed by atoms with Gasteiger partial charge in [-0.05, 0) is 39.3 Å². The Balaban J connectivity index is 2.40. The first-order chi connectivity index (χ1) is 13.0. The monoisotopic (exact) mass is 408 g/mol. The number of amides is 1. The summed E-state index contributed by atoms with van der Waals surface area (Å²) >= 11 is 6.07. The largest absolute Gasteiger partial charge is 0.619 e. The van der Waals surface area contributed by atoms with E-state index in [1.165, 1.54) is 30.5 Å². The van der Waals surface area contributed by atoms with Gasteiger partial charge >= 0.3 is 6.09 Å². The maximum Gasteiger partial charge on any atom is 0.408 e. The number of benzene rings is 1. The van der Waals surface area contributed by atoms with E-state index >= 15 is 4.39 Å². The fourth-order valence-electron chi connectivity index (χ4n) is 2.63. The van der Waals surface area contributed by atoms with Crippen molar-refractivity contribution >= 4 is 23.5 Å². The molecule has 8 heteroatoms. The van der Waals surface area contributed by atoms with Crippen molar-refractivity contribution in [3.8, 4) is 0 Å². The number of rotatable bonds is 5. The van der Waals surface area contributed by atoms with Gasteiger partial charge in [0.25, 0.3) is 0 Å². The van der Waals surface area contributed by atoms with Crippen LogP contribution < -0.4 is 10.0 Å². The first kappa shape index (κ1) is 21.6. The zero-order chi connectivity index (χ0) is 21.1. The van der Waals surface area contributed by atoms with Crippen molar-refractivity contribution in [2.45, 2.75) is 45.8 Å². The van der Waals surface area contributed by atoms with Crippen LogP contribution in [-0.4, -0.2) is 17.5 Å². The smallest absolute Gasteiger partial charge is 0.408 e. The van der Waals surface area contributed by atoms with Gasteiger partial charge in [-0.1, -0.05) is 24.6 Å². The Morgan fingerprint density at radius 1 is 1.32 bits per heavy atom. The first-order valence-electron chi connectivity index (χ1n) is 8.74. The summed E-state index contributed by atoms with van der Waals surface area (Å²) in [4.78, 5) is 24.8. The molecular formula is C20H22ClFN2O4. The fraction of sp³-hybridized carbons (Fsp3) is 0.350. The van der Waals surface area contributed by atoms with Crippen molar-refractivity contribution in [1.29, 1.82) is 0 Å². The fourth-order valence-corrected chi connectivity index (χ4v) is 2.86. The Morgan fingerprint density at radius 3 is 2.57 bits per heavy atom. The van der Waals surface area contributed by atoms with E-state index in [2.05, 4.69) is 5.32 Å². The molecule has 0 saturated heterocycles. The number of carbonyl (C=O) groups excluding carboxylic acids is 2. The number of nitrogens with zero attached hydrogens (tertiary/aromatic N) is 1. The third-order valence-corrected chi connectivity index (χ3v) is 4.17. The van der Waals surface area contributed by atoms with Gasteiger partial charge in [0.05, 0.1) is 22.2 Å². The Kier molecular flexibility index (Phi) is 6.61. The van der Waals surface area contributed by atoms with Gasteiger partial charge in [0, 0.05) is 11.6 Å². The molecule has 1 amide bonds. The average molecular weight is 409 g/mol. The topological polar surface area (TPSA) is 82.3 Å². The van der Waals surface area contributed by atoms with E-state index in [0.29, 0.717) is 11.2 Å². The van der Waals surface area contributed by atoms with Gasteiger partial charge < -0.3 is 15.3 Å². The van der Waals surface area contributed by atoms with Gasteiger partial charge in [-0.15, -0.1) is 0 Å². The number of carbonyl (C=O) groups is 2. The highest BCUT2D eigenvalue weighted by Crippen LogP contribution is 2.29. The molecule has 0 fully saturated rings. The molecule has 1 atom stereocenters. The third-order valence-electron chi connectivity index (χ3n) is 3.86. The molecule has 0 aliphatic rings. The maximum atomic E-state index is 15.2. The van der Waals surface area contributed by atoms with Crippen LogP contribution in [0.2, 0.25) is 5.02 Å². The van der Waals surface area contributed by atoms with Crippen LogP contribution in [0.5, 0.6) is 0 Å². The molecule has 2 aromatic rings. The molecule has 6 nitrogen and oxygen atoms in total. The lowest BCUT2D eigenvalue weighted by Crippen LogP contribution is -2.35. The molecule has 0 aliphatic heterocycles. The van der Waals surface area contributed by atoms with Gasteiger partial charge in [-0.2, -0.15) is 4.73 Å². The minimum atomic E-state index is -0.846. The van der Waals surface area contributed by atoms with Crippen LogP contribution in [0.1, 0.15) is 61.6 Å². The molecule has 1 N–H and O–H groups in total. The van der Waals surface area contributed by atoms with Crippen LogP contribution in [0.3, 0.4) is 0 Å². The van der Waals surface area contributed by atoms with Gasteiger partial charge in [0.15, 0.2) is 12.4 Å². The molecule has 28 heavy (non-hydrogen) atoms. The summed E-state index contributed by atoms with van der Waals surface area (Å²) in [7, 11) is 0. The Morgan fingerprint density at radius 2 is 2.00 bits per heavy atom. The van der Waals surface area contributed by atoms with Crippen molar-refractivity contribution in [2.75, 3.05) is 0 Å². The molecular weight excluding hydrogens is 387 g/mol. The van der Waals surface area contributed by atoms with Crippen molar-refractivity contribution in [3.63, 3.8) is 0 Å². The lowest BCUT2D eigenvalue weighted by atomic mass is 9.97. The molecule has 1 heterocycles. The zero-order valence-corrected chi connectivity index (χ0v) is 16.8. The molecule has 0 aliphatic carbocycles. The molecule has 0 unspecified atom stereocenters. The second-order valence-corrected chi connectivity index (χ2v) is 7.62. The van der Waals surface area contributed by atoms with E-state index in [9.17, 15) is 14.8 Å². The van der Waals surface area contributed by atoms with E-state index in [4.69, 9.17) is 16.3 Å². The van der Waals surface area contributed by atoms with E-state index in [1.807, 2.05) is 0 Å². The SMILES string of the molecule is CC[C@@H](NC(=O)OC(C)(C)C)c1ccc(Cl)c(C(=O)c2ccc[n+]([O-])c2)c1F. The maximum absolute atomic E-state index is 15.2. The highest BCUT2D eigenvalue weighted by molar-refractivity contribution is 6.35. The summed E-state index contributed by atoms with van der Waals surface area (Å²) in [6.07, 6.45) is 1.92. The second kappa shape index (κ2) is 8.56. The minimum absolute atomic E-state index is 0.00333. The van der Waals surface area contributed by atoms with Crippen molar-refractivity contribution in [3.05, 3.63) is 69.4 Å². The normalized spacial score (nSPS) is 12.4. The van der Waals surface area contributed by atoms with Crippen molar-refractivity contribution in [2.24, 2.45) is 0 Å². The zero-order valence-electron chi connectivity index (χ0n) is 16.1. The summed E-state index contributed by atoms with van der Waals surface area (Å²) < 4.78 is 20.9. The Bertz CT molecular complexity index is 896. The van der Waals surface area contributed by atoms with E-state index in [-0.39, 0.29) is 21.7 Å². The summed E-state index contributed by atoms with van der Waals surface area (Å²) in [5.74, 6) is -1.57. The van der Waals surface area contributed by atoms with Crippen LogP contribution in [0.25, 0.3) is 0 Å². The number of aromatic nitrogens is 1. The standard InChI is InChI=1S/C20H22ClFN2O4/c1-5-15(23-19(26)28-20(2,3)4)13-8-9-14(21)16(17(13)22)18(25)12-7-6-10-24(27)11-12/h6-11,15H,5H2,1-4H3,(H,23,26)/t15-/m1/s1. The molecule has 2 rings (SSSR count). The van der Waals surface area contributed by atoms with Crippen molar-refractivity contribution < 1.29 is 23.4 Å². The number of nitrogens with one attached hydrogen (secondary N) is 1. The second-order valence-electron chi connectivity index (χ2n) is 7.21.